The van der Waals surface area contributed by atoms with Crippen LogP contribution in [-0.2, 0) is 0 Å². The number of hydrogen-bond acceptors (Lipinski definition) is 2. The predicted octanol–water partition coefficient (Wildman–Crippen LogP) is 3.85. The maximum atomic E-state index is 4.32. The van der Waals surface area contributed by atoms with Gasteiger partial charge >= 0.3 is 0 Å². The Morgan fingerprint density at radius 1 is 1.11 bits per heavy atom. The summed E-state index contributed by atoms with van der Waals surface area (Å²) in [6.45, 7) is 0. The second-order valence-electron chi connectivity index (χ2n) is 1.31. The highest BCUT2D eigenvalue weighted by Gasteiger charge is 2.07. The van der Waals surface area contributed by atoms with Gasteiger partial charge in [0.1, 0.15) is 0 Å². The van der Waals surface area contributed by atoms with E-state index in [9.17, 15) is 0 Å². The molecule has 1 rings (SSSR count). The standard InChI is InChI=1S/C4HI3S2/c5-1-2(8)4(7)9-3(1)6/h8H. The van der Waals surface area contributed by atoms with Crippen molar-refractivity contribution in [3.05, 3.63) is 9.34 Å². The second-order valence-corrected chi connectivity index (χ2v) is 7.48. The molecule has 0 aliphatic rings. The molecule has 1 aromatic heterocycles. The first-order chi connectivity index (χ1) is 4.13. The Balaban J connectivity index is 3.29. The monoisotopic (exact) mass is 494 g/mol. The van der Waals surface area contributed by atoms with Gasteiger partial charge in [-0.1, -0.05) is 0 Å². The minimum absolute atomic E-state index is 1.13. The van der Waals surface area contributed by atoms with Gasteiger partial charge in [-0.2, -0.15) is 0 Å². The summed E-state index contributed by atoms with van der Waals surface area (Å²) in [4.78, 5) is 1.13. The SMILES string of the molecule is Sc1c(I)sc(I)c1I. The largest absolute Gasteiger partial charge is 0.140 e. The molecule has 0 N–H and O–H groups in total. The van der Waals surface area contributed by atoms with Crippen LogP contribution in [0.1, 0.15) is 0 Å². The Labute approximate surface area is 104 Å². The average Bonchev–Trinajstić information content (AvgIpc) is 1.98. The van der Waals surface area contributed by atoms with Gasteiger partial charge in [-0.3, -0.25) is 0 Å². The first-order valence-corrected chi connectivity index (χ1v) is 6.45. The van der Waals surface area contributed by atoms with Crippen molar-refractivity contribution in [2.24, 2.45) is 0 Å². The molecule has 50 valence electrons. The fourth-order valence-corrected chi connectivity index (χ4v) is 5.86. The van der Waals surface area contributed by atoms with Crippen LogP contribution in [0.5, 0.6) is 0 Å². The quantitative estimate of drug-likeness (QED) is 0.412. The Hall–Kier alpha value is 2.24. The van der Waals surface area contributed by atoms with Gasteiger partial charge in [0, 0.05) is 4.90 Å². The van der Waals surface area contributed by atoms with Gasteiger partial charge < -0.3 is 0 Å². The summed E-state index contributed by atoms with van der Waals surface area (Å²) in [5.41, 5.74) is 0. The summed E-state index contributed by atoms with van der Waals surface area (Å²) in [5.74, 6) is 0. The molecule has 0 atom stereocenters. The molecule has 0 saturated carbocycles. The maximum Gasteiger partial charge on any atom is 0.0809 e. The summed E-state index contributed by atoms with van der Waals surface area (Å²) in [6.07, 6.45) is 0. The summed E-state index contributed by atoms with van der Waals surface area (Å²) in [5, 5.41) is 0. The minimum atomic E-state index is 1.13. The van der Waals surface area contributed by atoms with Crippen LogP contribution in [0.4, 0.5) is 0 Å². The molecule has 0 spiro atoms. The van der Waals surface area contributed by atoms with Crippen LogP contribution in [-0.4, -0.2) is 0 Å². The molecule has 0 aromatic carbocycles. The zero-order valence-electron chi connectivity index (χ0n) is 3.99. The molecule has 0 unspecified atom stereocenters. The summed E-state index contributed by atoms with van der Waals surface area (Å²) >= 11 is 13.1. The van der Waals surface area contributed by atoms with Gasteiger partial charge in [0.05, 0.1) is 9.34 Å². The van der Waals surface area contributed by atoms with E-state index in [0.29, 0.717) is 0 Å². The molecule has 0 bridgehead atoms. The van der Waals surface area contributed by atoms with Crippen LogP contribution in [0.2, 0.25) is 0 Å². The molecule has 1 heterocycles. The van der Waals surface area contributed by atoms with E-state index in [4.69, 9.17) is 0 Å². The third-order valence-electron chi connectivity index (χ3n) is 0.746. The first kappa shape index (κ1) is 9.33. The van der Waals surface area contributed by atoms with Crippen molar-refractivity contribution >= 4 is 91.7 Å². The molecule has 0 aliphatic heterocycles. The van der Waals surface area contributed by atoms with E-state index in [1.54, 1.807) is 11.3 Å². The molecular formula is C4HI3S2. The lowest BCUT2D eigenvalue weighted by molar-refractivity contribution is 1.48. The van der Waals surface area contributed by atoms with E-state index < -0.39 is 0 Å². The lowest BCUT2D eigenvalue weighted by atomic mass is 10.7. The van der Waals surface area contributed by atoms with Crippen LogP contribution in [0, 0.1) is 9.34 Å². The zero-order chi connectivity index (χ0) is 7.02. The Bertz CT molecular complexity index is 207. The fraction of sp³-hybridized carbons (Fsp3) is 0. The van der Waals surface area contributed by atoms with Crippen LogP contribution in [0.15, 0.2) is 4.90 Å². The van der Waals surface area contributed by atoms with Crippen LogP contribution in [0.3, 0.4) is 0 Å². The lowest BCUT2D eigenvalue weighted by Crippen LogP contribution is -1.66. The van der Waals surface area contributed by atoms with E-state index in [0.717, 1.165) is 4.90 Å². The molecule has 1 aromatic rings. The summed E-state index contributed by atoms with van der Waals surface area (Å²) in [7, 11) is 0. The van der Waals surface area contributed by atoms with E-state index >= 15 is 0 Å². The Kier molecular flexibility index (Phi) is 3.90. The number of halogens is 3. The van der Waals surface area contributed by atoms with E-state index in [1.165, 1.54) is 9.34 Å². The Morgan fingerprint density at radius 2 is 1.67 bits per heavy atom. The van der Waals surface area contributed by atoms with Crippen molar-refractivity contribution in [1.82, 2.24) is 0 Å². The number of thiophene rings is 1. The molecule has 0 amide bonds. The van der Waals surface area contributed by atoms with E-state index in [2.05, 4.69) is 80.4 Å². The third-order valence-corrected chi connectivity index (χ3v) is 7.84. The highest BCUT2D eigenvalue weighted by molar-refractivity contribution is 14.1. The van der Waals surface area contributed by atoms with Gasteiger partial charge in [-0.15, -0.1) is 24.0 Å². The van der Waals surface area contributed by atoms with E-state index in [1.807, 2.05) is 0 Å². The number of rotatable bonds is 0. The number of thiol groups is 1. The average molecular weight is 494 g/mol. The molecule has 0 fully saturated rings. The molecule has 0 aliphatic carbocycles. The number of hydrogen-bond donors (Lipinski definition) is 1. The molecule has 0 saturated heterocycles. The highest BCUT2D eigenvalue weighted by Crippen LogP contribution is 2.34. The predicted molar refractivity (Wildman–Crippen MR) is 69.7 cm³/mol. The maximum absolute atomic E-state index is 4.32. The van der Waals surface area contributed by atoms with Crippen molar-refractivity contribution in [1.29, 1.82) is 0 Å². The van der Waals surface area contributed by atoms with Crippen LogP contribution in [0.25, 0.3) is 0 Å². The van der Waals surface area contributed by atoms with Crippen LogP contribution < -0.4 is 0 Å². The molecule has 9 heavy (non-hydrogen) atoms. The van der Waals surface area contributed by atoms with Crippen molar-refractivity contribution in [2.45, 2.75) is 4.90 Å². The van der Waals surface area contributed by atoms with Crippen molar-refractivity contribution < 1.29 is 0 Å². The summed E-state index contributed by atoms with van der Waals surface area (Å²) < 4.78 is 3.90. The molecule has 5 heteroatoms. The highest BCUT2D eigenvalue weighted by atomic mass is 127. The first-order valence-electron chi connectivity index (χ1n) is 1.95. The van der Waals surface area contributed by atoms with Gasteiger partial charge in [-0.25, -0.2) is 0 Å². The molecule has 0 nitrogen and oxygen atoms in total. The topological polar surface area (TPSA) is 0 Å². The summed E-state index contributed by atoms with van der Waals surface area (Å²) in [6, 6.07) is 0. The van der Waals surface area contributed by atoms with Crippen LogP contribution >= 0.6 is 91.7 Å². The Morgan fingerprint density at radius 3 is 1.78 bits per heavy atom. The van der Waals surface area contributed by atoms with Gasteiger partial charge in [-0.05, 0) is 67.8 Å². The van der Waals surface area contributed by atoms with Gasteiger partial charge in [0.25, 0.3) is 0 Å². The fourth-order valence-electron chi connectivity index (χ4n) is 0.351. The van der Waals surface area contributed by atoms with Gasteiger partial charge in [0.15, 0.2) is 0 Å². The third kappa shape index (κ3) is 2.09. The van der Waals surface area contributed by atoms with Crippen molar-refractivity contribution in [2.75, 3.05) is 0 Å². The lowest BCUT2D eigenvalue weighted by Gasteiger charge is -1.83. The molecule has 0 radical (unpaired) electrons. The van der Waals surface area contributed by atoms with Crippen molar-refractivity contribution in [3.8, 4) is 0 Å². The zero-order valence-corrected chi connectivity index (χ0v) is 12.2. The van der Waals surface area contributed by atoms with Crippen molar-refractivity contribution in [3.63, 3.8) is 0 Å². The smallest absolute Gasteiger partial charge is 0.0809 e. The van der Waals surface area contributed by atoms with E-state index in [-0.39, 0.29) is 0 Å². The van der Waals surface area contributed by atoms with Gasteiger partial charge in [0.2, 0.25) is 0 Å². The second kappa shape index (κ2) is 3.76. The minimum Gasteiger partial charge on any atom is -0.140 e. The molecular weight excluding hydrogens is 493 g/mol. The normalized spacial score (nSPS) is 10.2.